The molecule has 1 aromatic heterocycles. The largest absolute Gasteiger partial charge is 0.493 e. The summed E-state index contributed by atoms with van der Waals surface area (Å²) >= 11 is 0. The number of ether oxygens (including phenoxy) is 2. The molecule has 0 radical (unpaired) electrons. The fourth-order valence-corrected chi connectivity index (χ4v) is 1.93. The molecule has 2 aromatic rings. The van der Waals surface area contributed by atoms with E-state index in [9.17, 15) is 4.79 Å². The lowest BCUT2D eigenvalue weighted by molar-refractivity contribution is 0.0708. The van der Waals surface area contributed by atoms with E-state index in [-0.39, 0.29) is 0 Å². The highest BCUT2D eigenvalue weighted by Gasteiger charge is 2.15. The third-order valence-corrected chi connectivity index (χ3v) is 2.79. The molecule has 0 unspecified atom stereocenters. The van der Waals surface area contributed by atoms with E-state index in [1.54, 1.807) is 30.6 Å². The molecule has 0 aliphatic rings. The van der Waals surface area contributed by atoms with Crippen LogP contribution in [0.4, 0.5) is 0 Å². The Kier molecular flexibility index (Phi) is 3.52. The lowest BCUT2D eigenvalue weighted by atomic mass is 10.1. The molecule has 0 bridgehead atoms. The zero-order valence-corrected chi connectivity index (χ0v) is 10.9. The monoisotopic (exact) mass is 262 g/mol. The molecule has 2 rings (SSSR count). The Morgan fingerprint density at radius 1 is 1.21 bits per heavy atom. The van der Waals surface area contributed by atoms with Gasteiger partial charge in [0.1, 0.15) is 0 Å². The molecule has 1 amide bonds. The Labute approximate surface area is 109 Å². The number of benzene rings is 1. The summed E-state index contributed by atoms with van der Waals surface area (Å²) in [6.07, 6.45) is 0. The van der Waals surface area contributed by atoms with Crippen molar-refractivity contribution >= 4 is 16.8 Å². The Balaban J connectivity index is 2.79. The maximum absolute atomic E-state index is 11.7. The number of hydroxylamine groups is 1. The summed E-state index contributed by atoms with van der Waals surface area (Å²) in [6.45, 7) is 1.77. The minimum Gasteiger partial charge on any atom is -0.493 e. The summed E-state index contributed by atoms with van der Waals surface area (Å²) in [5.74, 6) is 0.429. The first kappa shape index (κ1) is 13.1. The van der Waals surface area contributed by atoms with Gasteiger partial charge in [-0.2, -0.15) is 0 Å². The van der Waals surface area contributed by atoms with E-state index < -0.39 is 5.91 Å². The summed E-state index contributed by atoms with van der Waals surface area (Å²) in [5.41, 5.74) is 3.21. The quantitative estimate of drug-likeness (QED) is 0.649. The second-order valence-electron chi connectivity index (χ2n) is 3.98. The highest BCUT2D eigenvalue weighted by molar-refractivity contribution is 6.06. The van der Waals surface area contributed by atoms with Crippen LogP contribution in [0.15, 0.2) is 18.2 Å². The maximum atomic E-state index is 11.7. The summed E-state index contributed by atoms with van der Waals surface area (Å²) in [7, 11) is 3.04. The third kappa shape index (κ3) is 2.30. The average molecular weight is 262 g/mol. The summed E-state index contributed by atoms with van der Waals surface area (Å²) in [6, 6.07) is 4.94. The fraction of sp³-hybridized carbons (Fsp3) is 0.231. The average Bonchev–Trinajstić information content (AvgIpc) is 2.43. The smallest absolute Gasteiger partial charge is 0.275 e. The van der Waals surface area contributed by atoms with Crippen molar-refractivity contribution in [2.24, 2.45) is 0 Å². The highest BCUT2D eigenvalue weighted by Crippen LogP contribution is 2.33. The number of nitrogens with zero attached hydrogens (tertiary/aromatic N) is 1. The Morgan fingerprint density at radius 3 is 2.42 bits per heavy atom. The molecule has 0 aliphatic carbocycles. The number of fused-ring (bicyclic) bond motifs is 1. The van der Waals surface area contributed by atoms with Gasteiger partial charge in [0.25, 0.3) is 5.91 Å². The molecule has 6 heteroatoms. The second-order valence-corrected chi connectivity index (χ2v) is 3.98. The van der Waals surface area contributed by atoms with Crippen LogP contribution in [0.25, 0.3) is 10.9 Å². The lowest BCUT2D eigenvalue weighted by Crippen LogP contribution is -2.19. The molecule has 100 valence electrons. The topological polar surface area (TPSA) is 80.7 Å². The van der Waals surface area contributed by atoms with Gasteiger partial charge in [-0.25, -0.2) is 5.48 Å². The Hall–Kier alpha value is -2.34. The van der Waals surface area contributed by atoms with Gasteiger partial charge in [0.15, 0.2) is 11.5 Å². The van der Waals surface area contributed by atoms with E-state index in [1.165, 1.54) is 14.2 Å². The van der Waals surface area contributed by atoms with Crippen LogP contribution in [-0.2, 0) is 0 Å². The number of pyridine rings is 1. The van der Waals surface area contributed by atoms with E-state index in [2.05, 4.69) is 4.98 Å². The first-order chi connectivity index (χ1) is 9.10. The molecule has 2 N–H and O–H groups in total. The minimum atomic E-state index is -0.595. The van der Waals surface area contributed by atoms with Gasteiger partial charge >= 0.3 is 0 Å². The van der Waals surface area contributed by atoms with Crippen molar-refractivity contribution in [3.63, 3.8) is 0 Å². The van der Waals surface area contributed by atoms with Crippen molar-refractivity contribution in [3.8, 4) is 11.5 Å². The molecule has 1 heterocycles. The minimum absolute atomic E-state index is 0.325. The van der Waals surface area contributed by atoms with Gasteiger partial charge in [-0.15, -0.1) is 0 Å². The summed E-state index contributed by atoms with van der Waals surface area (Å²) < 4.78 is 10.4. The molecular weight excluding hydrogens is 248 g/mol. The number of hydrogen-bond acceptors (Lipinski definition) is 5. The number of carbonyl (C=O) groups is 1. The standard InChI is InChI=1S/C13H14N2O4/c1-7-4-9(13(16)15-17)8-5-11(18-2)12(19-3)6-10(8)14-7/h4-6,17H,1-3H3,(H,15,16). The van der Waals surface area contributed by atoms with Crippen molar-refractivity contribution < 1.29 is 19.5 Å². The lowest BCUT2D eigenvalue weighted by Gasteiger charge is -2.11. The molecule has 0 saturated heterocycles. The van der Waals surface area contributed by atoms with Crippen LogP contribution < -0.4 is 15.0 Å². The molecule has 0 atom stereocenters. The number of aromatic nitrogens is 1. The van der Waals surface area contributed by atoms with Crippen LogP contribution in [-0.4, -0.2) is 30.3 Å². The Bertz CT molecular complexity index is 640. The molecule has 6 nitrogen and oxygen atoms in total. The third-order valence-electron chi connectivity index (χ3n) is 2.79. The summed E-state index contributed by atoms with van der Waals surface area (Å²) in [5, 5.41) is 9.37. The fourth-order valence-electron chi connectivity index (χ4n) is 1.93. The molecule has 1 aromatic carbocycles. The number of amides is 1. The predicted octanol–water partition coefficient (Wildman–Crippen LogP) is 1.68. The van der Waals surface area contributed by atoms with Crippen molar-refractivity contribution in [1.29, 1.82) is 0 Å². The van der Waals surface area contributed by atoms with Crippen LogP contribution in [0.2, 0.25) is 0 Å². The summed E-state index contributed by atoms with van der Waals surface area (Å²) in [4.78, 5) is 16.0. The van der Waals surface area contributed by atoms with Crippen molar-refractivity contribution in [1.82, 2.24) is 10.5 Å². The second kappa shape index (κ2) is 5.11. The molecule has 0 spiro atoms. The number of methoxy groups -OCH3 is 2. The van der Waals surface area contributed by atoms with Crippen LogP contribution in [0.5, 0.6) is 11.5 Å². The normalized spacial score (nSPS) is 10.3. The first-order valence-electron chi connectivity index (χ1n) is 5.58. The van der Waals surface area contributed by atoms with Gasteiger partial charge in [-0.05, 0) is 19.1 Å². The van der Waals surface area contributed by atoms with Gasteiger partial charge in [-0.3, -0.25) is 15.0 Å². The van der Waals surface area contributed by atoms with Crippen LogP contribution in [0.1, 0.15) is 16.1 Å². The van der Waals surface area contributed by atoms with E-state index in [4.69, 9.17) is 14.7 Å². The first-order valence-corrected chi connectivity index (χ1v) is 5.58. The van der Waals surface area contributed by atoms with E-state index in [1.807, 2.05) is 0 Å². The Morgan fingerprint density at radius 2 is 1.84 bits per heavy atom. The van der Waals surface area contributed by atoms with Crippen molar-refractivity contribution in [2.45, 2.75) is 6.92 Å². The number of rotatable bonds is 3. The van der Waals surface area contributed by atoms with Gasteiger partial charge in [0, 0.05) is 17.1 Å². The van der Waals surface area contributed by atoms with Crippen molar-refractivity contribution in [3.05, 3.63) is 29.5 Å². The van der Waals surface area contributed by atoms with E-state index >= 15 is 0 Å². The van der Waals surface area contributed by atoms with Crippen LogP contribution in [0.3, 0.4) is 0 Å². The zero-order valence-electron chi connectivity index (χ0n) is 10.9. The van der Waals surface area contributed by atoms with E-state index in [0.29, 0.717) is 33.7 Å². The van der Waals surface area contributed by atoms with E-state index in [0.717, 1.165) is 0 Å². The zero-order chi connectivity index (χ0) is 14.0. The van der Waals surface area contributed by atoms with Crippen LogP contribution >= 0.6 is 0 Å². The molecule has 0 aliphatic heterocycles. The number of hydrogen-bond donors (Lipinski definition) is 2. The molecule has 0 fully saturated rings. The number of aryl methyl sites for hydroxylation is 1. The SMILES string of the molecule is COc1cc2nc(C)cc(C(=O)NO)c2cc1OC. The van der Waals surface area contributed by atoms with Gasteiger partial charge in [-0.1, -0.05) is 0 Å². The predicted molar refractivity (Wildman–Crippen MR) is 68.8 cm³/mol. The van der Waals surface area contributed by atoms with Crippen LogP contribution in [0, 0.1) is 6.92 Å². The number of carbonyl (C=O) groups excluding carboxylic acids is 1. The highest BCUT2D eigenvalue weighted by atomic mass is 16.5. The number of nitrogens with one attached hydrogen (secondary N) is 1. The van der Waals surface area contributed by atoms with Gasteiger partial charge in [0.2, 0.25) is 0 Å². The van der Waals surface area contributed by atoms with Gasteiger partial charge < -0.3 is 9.47 Å². The molecule has 0 saturated carbocycles. The van der Waals surface area contributed by atoms with Crippen molar-refractivity contribution in [2.75, 3.05) is 14.2 Å². The van der Waals surface area contributed by atoms with Gasteiger partial charge in [0.05, 0.1) is 25.3 Å². The molecule has 19 heavy (non-hydrogen) atoms. The maximum Gasteiger partial charge on any atom is 0.275 e. The molecular formula is C13H14N2O4.